The third kappa shape index (κ3) is 9.27. The molecular weight excluding hydrogens is 1010 g/mol. The molecule has 0 bridgehead atoms. The molecule has 0 radical (unpaired) electrons. The molecule has 0 fully saturated rings. The fraction of sp³-hybridized carbons (Fsp3) is 0.290. The number of aromatic nitrogens is 4. The Morgan fingerprint density at radius 1 is 0.500 bits per heavy atom. The molecule has 5 nitrogen and oxygen atoms in total. The largest absolute Gasteiger partial charge is 0.510 e. The van der Waals surface area contributed by atoms with E-state index in [1.807, 2.05) is 12.3 Å². The van der Waals surface area contributed by atoms with E-state index < -0.39 is 0 Å². The molecule has 0 saturated heterocycles. The Labute approximate surface area is 419 Å². The summed E-state index contributed by atoms with van der Waals surface area (Å²) >= 11 is 0. The second-order valence-electron chi connectivity index (χ2n) is 22.4. The molecule has 3 aromatic heterocycles. The van der Waals surface area contributed by atoms with Crippen LogP contribution in [0.2, 0.25) is 0 Å². The minimum absolute atomic E-state index is 0. The second kappa shape index (κ2) is 17.8. The Hall–Kier alpha value is -6.03. The van der Waals surface area contributed by atoms with E-state index in [-0.39, 0.29) is 48.1 Å². The van der Waals surface area contributed by atoms with E-state index in [4.69, 9.17) is 9.72 Å². The number of benzene rings is 6. The molecule has 9 rings (SSSR count). The van der Waals surface area contributed by atoms with Crippen LogP contribution < -0.4 is 9.30 Å². The predicted molar refractivity (Wildman–Crippen MR) is 276 cm³/mol. The van der Waals surface area contributed by atoms with Crippen molar-refractivity contribution < 1.29 is 30.4 Å². The first kappa shape index (κ1) is 48.4. The van der Waals surface area contributed by atoms with Gasteiger partial charge in [-0.3, -0.25) is 4.57 Å². The fourth-order valence-electron chi connectivity index (χ4n) is 9.15. The van der Waals surface area contributed by atoms with Gasteiger partial charge in [0.2, 0.25) is 0 Å². The number of ether oxygens (including phenoxy) is 1. The Bertz CT molecular complexity index is 3260. The first-order valence-electron chi connectivity index (χ1n) is 23.6. The summed E-state index contributed by atoms with van der Waals surface area (Å²) in [7, 11) is 0. The maximum absolute atomic E-state index is 6.90. The summed E-state index contributed by atoms with van der Waals surface area (Å²) in [6.07, 6.45) is 7.93. The van der Waals surface area contributed by atoms with Crippen molar-refractivity contribution in [2.75, 3.05) is 0 Å². The fourth-order valence-corrected chi connectivity index (χ4v) is 9.15. The maximum atomic E-state index is 6.90. The molecule has 0 unspecified atom stereocenters. The average molecular weight is 1080 g/mol. The normalized spacial score (nSPS) is 12.7. The molecular formula is C62H64N4OPt-2. The minimum atomic E-state index is -0.382. The van der Waals surface area contributed by atoms with Gasteiger partial charge in [-0.05, 0) is 85.5 Å². The van der Waals surface area contributed by atoms with Gasteiger partial charge in [-0.2, -0.15) is 17.7 Å². The molecule has 3 heterocycles. The smallest absolute Gasteiger partial charge is 0.267 e. The molecule has 0 aliphatic rings. The van der Waals surface area contributed by atoms with Gasteiger partial charge in [0.25, 0.3) is 6.33 Å². The van der Waals surface area contributed by atoms with Crippen molar-refractivity contribution in [3.8, 4) is 28.7 Å². The van der Waals surface area contributed by atoms with Crippen LogP contribution in [0.25, 0.3) is 39.0 Å². The third-order valence-electron chi connectivity index (χ3n) is 13.7. The van der Waals surface area contributed by atoms with E-state index in [1.54, 1.807) is 0 Å². The summed E-state index contributed by atoms with van der Waals surface area (Å²) in [5.74, 6) is 2.06. The van der Waals surface area contributed by atoms with Crippen molar-refractivity contribution in [3.63, 3.8) is 0 Å². The third-order valence-corrected chi connectivity index (χ3v) is 13.7. The van der Waals surface area contributed by atoms with Gasteiger partial charge < -0.3 is 13.9 Å². The molecule has 6 aromatic carbocycles. The van der Waals surface area contributed by atoms with E-state index in [9.17, 15) is 0 Å². The molecule has 0 atom stereocenters. The molecule has 0 amide bonds. The van der Waals surface area contributed by atoms with Crippen molar-refractivity contribution >= 4 is 21.8 Å². The van der Waals surface area contributed by atoms with E-state index in [0.29, 0.717) is 11.5 Å². The predicted octanol–water partition coefficient (Wildman–Crippen LogP) is 15.0. The molecule has 9 aromatic rings. The van der Waals surface area contributed by atoms with Crippen LogP contribution in [0.3, 0.4) is 0 Å². The van der Waals surface area contributed by atoms with Crippen LogP contribution in [0.15, 0.2) is 152 Å². The number of imidazole rings is 1. The Morgan fingerprint density at radius 3 is 1.76 bits per heavy atom. The molecule has 6 heteroatoms. The van der Waals surface area contributed by atoms with Gasteiger partial charge in [-0.15, -0.1) is 29.7 Å². The number of pyridine rings is 1. The van der Waals surface area contributed by atoms with E-state index >= 15 is 0 Å². The van der Waals surface area contributed by atoms with Crippen molar-refractivity contribution in [1.82, 2.24) is 14.1 Å². The van der Waals surface area contributed by atoms with Crippen LogP contribution >= 0.6 is 0 Å². The average Bonchev–Trinajstić information content (AvgIpc) is 3.89. The summed E-state index contributed by atoms with van der Waals surface area (Å²) in [4.78, 5) is 4.95. The molecule has 350 valence electrons. The summed E-state index contributed by atoms with van der Waals surface area (Å²) in [6.45, 7) is 29.4. The molecule has 0 aliphatic heterocycles. The molecule has 68 heavy (non-hydrogen) atoms. The van der Waals surface area contributed by atoms with Crippen molar-refractivity contribution in [2.24, 2.45) is 0 Å². The number of nitrogens with zero attached hydrogens (tertiary/aromatic N) is 4. The van der Waals surface area contributed by atoms with Crippen LogP contribution in [0.5, 0.6) is 11.5 Å². The Balaban J connectivity index is 0.00000625. The summed E-state index contributed by atoms with van der Waals surface area (Å²) < 4.78 is 13.4. The number of fused-ring (bicyclic) bond motifs is 3. The van der Waals surface area contributed by atoms with Crippen molar-refractivity contribution in [3.05, 3.63) is 209 Å². The number of hydrogen-bond acceptors (Lipinski definition) is 2. The zero-order valence-electron chi connectivity index (χ0n) is 41.9. The van der Waals surface area contributed by atoms with Gasteiger partial charge in [0.05, 0.1) is 11.4 Å². The van der Waals surface area contributed by atoms with Crippen LogP contribution in [-0.2, 0) is 48.1 Å². The van der Waals surface area contributed by atoms with E-state index in [2.05, 4.69) is 262 Å². The first-order chi connectivity index (χ1) is 31.6. The van der Waals surface area contributed by atoms with Crippen LogP contribution in [0, 0.1) is 18.5 Å². The SMILES string of the molecule is CC(C)(C)c1cc(Oc2[c-]c3c(cc2)c2cc(C(C)(C)C)ccc2n3-c2cc(C(C)(C)C)ccn2)[c-]c(-n2[c-][n+](-c3cccc(C(C)(C)c4ccccc4)c3)c(C(C)(C)c3ccccc3)c2)c1.[Pt]. The van der Waals surface area contributed by atoms with Gasteiger partial charge in [-0.25, -0.2) is 4.98 Å². The van der Waals surface area contributed by atoms with Crippen LogP contribution in [0.1, 0.15) is 129 Å². The Kier molecular flexibility index (Phi) is 12.7. The second-order valence-corrected chi connectivity index (χ2v) is 22.4. The standard InChI is InChI=1S/C62H64N4O.Pt/c1-58(2,3)44-27-30-54-53(36-44)52-29-28-50(39-55(52)66(54)57-37-45(31-32-63-57)59(4,5)6)67-51-35-47(60(7,8)9)34-49(38-51)64-40-56(62(12,13)43-23-18-15-19-24-43)65(41-64)48-26-20-25-46(33-48)61(10,11)42-21-16-14-17-22-42;/h14-37,40H,1-13H3;/q-2;. The number of rotatable bonds is 9. The Morgan fingerprint density at radius 2 is 1.12 bits per heavy atom. The van der Waals surface area contributed by atoms with E-state index in [1.165, 1.54) is 27.8 Å². The van der Waals surface area contributed by atoms with Gasteiger partial charge >= 0.3 is 0 Å². The van der Waals surface area contributed by atoms with Crippen LogP contribution in [-0.4, -0.2) is 14.1 Å². The quantitative estimate of drug-likeness (QED) is 0.107. The first-order valence-corrected chi connectivity index (χ1v) is 23.6. The van der Waals surface area contributed by atoms with Gasteiger partial charge in [0.1, 0.15) is 5.82 Å². The topological polar surface area (TPSA) is 35.9 Å². The van der Waals surface area contributed by atoms with Crippen molar-refractivity contribution in [2.45, 2.75) is 117 Å². The van der Waals surface area contributed by atoms with Gasteiger partial charge in [-0.1, -0.05) is 180 Å². The molecule has 0 N–H and O–H groups in total. The molecule has 0 saturated carbocycles. The maximum Gasteiger partial charge on any atom is 0.267 e. The zero-order chi connectivity index (χ0) is 47.7. The number of hydrogen-bond donors (Lipinski definition) is 0. The van der Waals surface area contributed by atoms with Gasteiger partial charge in [0.15, 0.2) is 0 Å². The van der Waals surface area contributed by atoms with Gasteiger partial charge in [0, 0.05) is 61.3 Å². The summed E-state index contributed by atoms with van der Waals surface area (Å²) in [6, 6.07) is 57.4. The minimum Gasteiger partial charge on any atom is -0.510 e. The summed E-state index contributed by atoms with van der Waals surface area (Å²) in [5.41, 5.74) is 11.4. The van der Waals surface area contributed by atoms with Crippen LogP contribution in [0.4, 0.5) is 0 Å². The van der Waals surface area contributed by atoms with Crippen molar-refractivity contribution in [1.29, 1.82) is 0 Å². The zero-order valence-corrected chi connectivity index (χ0v) is 44.2. The van der Waals surface area contributed by atoms with E-state index in [0.717, 1.165) is 50.3 Å². The monoisotopic (exact) mass is 1080 g/mol. The summed E-state index contributed by atoms with van der Waals surface area (Å²) in [5, 5.41) is 2.26. The molecule has 0 spiro atoms. The molecule has 0 aliphatic carbocycles.